The minimum absolute atomic E-state index is 0.0337. The van der Waals surface area contributed by atoms with Gasteiger partial charge in [-0.2, -0.15) is 0 Å². The number of carbonyl (C=O) groups excluding carboxylic acids is 1. The van der Waals surface area contributed by atoms with Crippen LogP contribution in [0.4, 0.5) is 5.69 Å². The van der Waals surface area contributed by atoms with Crippen LogP contribution in [-0.2, 0) is 0 Å². The highest BCUT2D eigenvalue weighted by molar-refractivity contribution is 5.97. The predicted molar refractivity (Wildman–Crippen MR) is 68.1 cm³/mol. The number of ether oxygens (including phenoxy) is 1. The molecule has 1 aromatic carbocycles. The number of carbonyl (C=O) groups is 1. The largest absolute Gasteiger partial charge is 0.496 e. The van der Waals surface area contributed by atoms with E-state index in [1.807, 2.05) is 0 Å². The Morgan fingerprint density at radius 1 is 1.58 bits per heavy atom. The average molecular weight is 265 g/mol. The number of nitrogens with two attached hydrogens (primary N) is 1. The maximum atomic E-state index is 12.3. The lowest BCUT2D eigenvalue weighted by Gasteiger charge is -2.17. The number of non-ortho nitro benzene ring substituents is 1. The molecule has 1 aliphatic heterocycles. The summed E-state index contributed by atoms with van der Waals surface area (Å²) in [4.78, 5) is 24.1. The fourth-order valence-electron chi connectivity index (χ4n) is 2.12. The topological polar surface area (TPSA) is 98.7 Å². The summed E-state index contributed by atoms with van der Waals surface area (Å²) in [6.45, 7) is 1.02. The molecule has 0 aromatic heterocycles. The highest BCUT2D eigenvalue weighted by atomic mass is 16.6. The van der Waals surface area contributed by atoms with Gasteiger partial charge in [0, 0.05) is 31.3 Å². The van der Waals surface area contributed by atoms with Crippen LogP contribution in [0.1, 0.15) is 16.8 Å². The Bertz CT molecular complexity index is 518. The van der Waals surface area contributed by atoms with Crippen molar-refractivity contribution in [1.29, 1.82) is 0 Å². The van der Waals surface area contributed by atoms with E-state index in [1.165, 1.54) is 25.3 Å². The first-order valence-corrected chi connectivity index (χ1v) is 5.90. The SMILES string of the molecule is COc1ccc([N+](=O)[O-])cc1C(=O)N1CC[C@@H](N)C1. The summed E-state index contributed by atoms with van der Waals surface area (Å²) in [5.41, 5.74) is 5.82. The quantitative estimate of drug-likeness (QED) is 0.643. The van der Waals surface area contributed by atoms with Crippen molar-refractivity contribution in [3.63, 3.8) is 0 Å². The van der Waals surface area contributed by atoms with Crippen LogP contribution in [0.25, 0.3) is 0 Å². The van der Waals surface area contributed by atoms with Crippen LogP contribution in [0.3, 0.4) is 0 Å². The molecule has 1 amide bonds. The van der Waals surface area contributed by atoms with Crippen LogP contribution in [0.5, 0.6) is 5.75 Å². The van der Waals surface area contributed by atoms with Gasteiger partial charge in [-0.3, -0.25) is 14.9 Å². The number of hydrogen-bond donors (Lipinski definition) is 1. The molecule has 0 bridgehead atoms. The van der Waals surface area contributed by atoms with Crippen molar-refractivity contribution >= 4 is 11.6 Å². The van der Waals surface area contributed by atoms with Gasteiger partial charge in [-0.15, -0.1) is 0 Å². The number of hydrogen-bond acceptors (Lipinski definition) is 5. The number of amides is 1. The Labute approximate surface area is 110 Å². The van der Waals surface area contributed by atoms with Crippen molar-refractivity contribution < 1.29 is 14.5 Å². The molecule has 1 atom stereocenters. The molecule has 102 valence electrons. The molecule has 1 aliphatic rings. The molecule has 0 aliphatic carbocycles. The maximum absolute atomic E-state index is 12.3. The molecule has 1 fully saturated rings. The fraction of sp³-hybridized carbons (Fsp3) is 0.417. The number of likely N-dealkylation sites (tertiary alicyclic amines) is 1. The summed E-state index contributed by atoms with van der Waals surface area (Å²) >= 11 is 0. The number of rotatable bonds is 3. The first-order chi connectivity index (χ1) is 9.02. The van der Waals surface area contributed by atoms with Gasteiger partial charge in [0.1, 0.15) is 5.75 Å². The Kier molecular flexibility index (Phi) is 3.66. The summed E-state index contributed by atoms with van der Waals surface area (Å²) < 4.78 is 5.09. The smallest absolute Gasteiger partial charge is 0.270 e. The van der Waals surface area contributed by atoms with Crippen molar-refractivity contribution in [2.75, 3.05) is 20.2 Å². The van der Waals surface area contributed by atoms with Gasteiger partial charge in [-0.1, -0.05) is 0 Å². The minimum Gasteiger partial charge on any atom is -0.496 e. The average Bonchev–Trinajstić information content (AvgIpc) is 2.83. The molecule has 0 spiro atoms. The van der Waals surface area contributed by atoms with Crippen molar-refractivity contribution in [1.82, 2.24) is 4.90 Å². The van der Waals surface area contributed by atoms with E-state index in [4.69, 9.17) is 10.5 Å². The van der Waals surface area contributed by atoms with Gasteiger partial charge in [0.05, 0.1) is 17.6 Å². The molecule has 7 nitrogen and oxygen atoms in total. The number of benzene rings is 1. The highest BCUT2D eigenvalue weighted by Crippen LogP contribution is 2.26. The predicted octanol–water partition coefficient (Wildman–Crippen LogP) is 0.777. The second kappa shape index (κ2) is 5.23. The lowest BCUT2D eigenvalue weighted by Crippen LogP contribution is -2.32. The zero-order chi connectivity index (χ0) is 14.0. The van der Waals surface area contributed by atoms with E-state index >= 15 is 0 Å². The maximum Gasteiger partial charge on any atom is 0.270 e. The molecule has 0 saturated carbocycles. The van der Waals surface area contributed by atoms with Crippen molar-refractivity contribution in [3.8, 4) is 5.75 Å². The molecular formula is C12H15N3O4. The van der Waals surface area contributed by atoms with Gasteiger partial charge in [0.2, 0.25) is 0 Å². The Balaban J connectivity index is 2.33. The van der Waals surface area contributed by atoms with Crippen LogP contribution < -0.4 is 10.5 Å². The Hall–Kier alpha value is -2.15. The monoisotopic (exact) mass is 265 g/mol. The fourth-order valence-corrected chi connectivity index (χ4v) is 2.12. The molecule has 1 heterocycles. The Morgan fingerprint density at radius 2 is 2.32 bits per heavy atom. The zero-order valence-electron chi connectivity index (χ0n) is 10.5. The molecule has 2 N–H and O–H groups in total. The van der Waals surface area contributed by atoms with E-state index in [1.54, 1.807) is 4.90 Å². The Morgan fingerprint density at radius 3 is 2.84 bits per heavy atom. The van der Waals surface area contributed by atoms with E-state index < -0.39 is 4.92 Å². The zero-order valence-corrected chi connectivity index (χ0v) is 10.5. The molecule has 19 heavy (non-hydrogen) atoms. The normalized spacial score (nSPS) is 18.4. The summed E-state index contributed by atoms with van der Waals surface area (Å²) in [7, 11) is 1.42. The van der Waals surface area contributed by atoms with Gasteiger partial charge in [0.25, 0.3) is 11.6 Å². The van der Waals surface area contributed by atoms with E-state index in [0.29, 0.717) is 18.8 Å². The molecular weight excluding hydrogens is 250 g/mol. The molecule has 0 unspecified atom stereocenters. The summed E-state index contributed by atoms with van der Waals surface area (Å²) in [6.07, 6.45) is 0.739. The molecule has 1 saturated heterocycles. The third-order valence-corrected chi connectivity index (χ3v) is 3.14. The van der Waals surface area contributed by atoms with Crippen LogP contribution in [0.2, 0.25) is 0 Å². The van der Waals surface area contributed by atoms with Gasteiger partial charge < -0.3 is 15.4 Å². The summed E-state index contributed by atoms with van der Waals surface area (Å²) in [5.74, 6) is 0.0459. The van der Waals surface area contributed by atoms with E-state index in [2.05, 4.69) is 0 Å². The molecule has 0 radical (unpaired) electrons. The van der Waals surface area contributed by atoms with E-state index in [-0.39, 0.29) is 23.2 Å². The first-order valence-electron chi connectivity index (χ1n) is 5.90. The summed E-state index contributed by atoms with van der Waals surface area (Å²) in [6, 6.07) is 3.95. The van der Waals surface area contributed by atoms with Crippen LogP contribution >= 0.6 is 0 Å². The van der Waals surface area contributed by atoms with Crippen LogP contribution in [-0.4, -0.2) is 42.0 Å². The highest BCUT2D eigenvalue weighted by Gasteiger charge is 2.27. The van der Waals surface area contributed by atoms with Gasteiger partial charge in [-0.25, -0.2) is 0 Å². The number of nitro groups is 1. The summed E-state index contributed by atoms with van der Waals surface area (Å²) in [5, 5.41) is 10.8. The lowest BCUT2D eigenvalue weighted by atomic mass is 10.1. The van der Waals surface area contributed by atoms with Crippen molar-refractivity contribution in [2.24, 2.45) is 5.73 Å². The van der Waals surface area contributed by atoms with Crippen LogP contribution in [0, 0.1) is 10.1 Å². The van der Waals surface area contributed by atoms with E-state index in [9.17, 15) is 14.9 Å². The first kappa shape index (κ1) is 13.3. The van der Waals surface area contributed by atoms with Crippen LogP contribution in [0.15, 0.2) is 18.2 Å². The molecule has 2 rings (SSSR count). The standard InChI is InChI=1S/C12H15N3O4/c1-19-11-3-2-9(15(17)18)6-10(11)12(16)14-5-4-8(13)7-14/h2-3,6,8H,4-5,7,13H2,1H3/t8-/m1/s1. The third kappa shape index (κ3) is 2.65. The lowest BCUT2D eigenvalue weighted by molar-refractivity contribution is -0.384. The second-order valence-corrected chi connectivity index (χ2v) is 4.44. The van der Waals surface area contributed by atoms with Crippen molar-refractivity contribution in [2.45, 2.75) is 12.5 Å². The number of nitro benzene ring substituents is 1. The molecule has 7 heteroatoms. The third-order valence-electron chi connectivity index (χ3n) is 3.14. The van der Waals surface area contributed by atoms with Crippen molar-refractivity contribution in [3.05, 3.63) is 33.9 Å². The van der Waals surface area contributed by atoms with Gasteiger partial charge >= 0.3 is 0 Å². The number of methoxy groups -OCH3 is 1. The van der Waals surface area contributed by atoms with E-state index in [0.717, 1.165) is 6.42 Å². The molecule has 1 aromatic rings. The van der Waals surface area contributed by atoms with Gasteiger partial charge in [0.15, 0.2) is 0 Å². The minimum atomic E-state index is -0.536. The second-order valence-electron chi connectivity index (χ2n) is 4.44. The number of nitrogens with zero attached hydrogens (tertiary/aromatic N) is 2. The van der Waals surface area contributed by atoms with Gasteiger partial charge in [-0.05, 0) is 12.5 Å².